The SMILES string of the molecule is Nc1ncccc1-c1cc(Cc2ccc(CCc3ccco3)cc2)no1. The lowest BCUT2D eigenvalue weighted by Crippen LogP contribution is -1.92. The number of nitrogen functional groups attached to an aromatic ring is 1. The van der Waals surface area contributed by atoms with Gasteiger partial charge in [-0.25, -0.2) is 4.98 Å². The monoisotopic (exact) mass is 345 g/mol. The van der Waals surface area contributed by atoms with Gasteiger partial charge in [-0.15, -0.1) is 0 Å². The summed E-state index contributed by atoms with van der Waals surface area (Å²) in [6.07, 6.45) is 5.95. The number of hydrogen-bond donors (Lipinski definition) is 1. The Morgan fingerprint density at radius 2 is 1.77 bits per heavy atom. The molecule has 1 aromatic carbocycles. The summed E-state index contributed by atoms with van der Waals surface area (Å²) < 4.78 is 10.8. The Kier molecular flexibility index (Phi) is 4.51. The molecule has 0 saturated carbocycles. The molecule has 2 N–H and O–H groups in total. The summed E-state index contributed by atoms with van der Waals surface area (Å²) in [5, 5.41) is 4.15. The van der Waals surface area contributed by atoms with E-state index < -0.39 is 0 Å². The second kappa shape index (κ2) is 7.27. The molecule has 0 amide bonds. The van der Waals surface area contributed by atoms with Crippen LogP contribution in [0.3, 0.4) is 0 Å². The normalized spacial score (nSPS) is 10.9. The quantitative estimate of drug-likeness (QED) is 0.564. The molecule has 4 aromatic rings. The van der Waals surface area contributed by atoms with Gasteiger partial charge < -0.3 is 14.7 Å². The van der Waals surface area contributed by atoms with Crippen LogP contribution in [-0.4, -0.2) is 10.1 Å². The highest BCUT2D eigenvalue weighted by atomic mass is 16.5. The van der Waals surface area contributed by atoms with Gasteiger partial charge in [-0.2, -0.15) is 0 Å². The van der Waals surface area contributed by atoms with Crippen LogP contribution < -0.4 is 5.73 Å². The number of aromatic nitrogens is 2. The maximum atomic E-state index is 5.89. The molecule has 3 heterocycles. The van der Waals surface area contributed by atoms with Gasteiger partial charge >= 0.3 is 0 Å². The highest BCUT2D eigenvalue weighted by molar-refractivity contribution is 5.69. The molecule has 0 atom stereocenters. The number of pyridine rings is 1. The number of furan rings is 1. The number of aryl methyl sites for hydroxylation is 2. The van der Waals surface area contributed by atoms with E-state index in [1.54, 1.807) is 12.5 Å². The summed E-state index contributed by atoms with van der Waals surface area (Å²) in [5.74, 6) is 2.09. The van der Waals surface area contributed by atoms with Gasteiger partial charge in [0.1, 0.15) is 11.6 Å². The van der Waals surface area contributed by atoms with Crippen LogP contribution in [0, 0.1) is 0 Å². The average Bonchev–Trinajstić information content (AvgIpc) is 3.34. The first-order chi connectivity index (χ1) is 12.8. The van der Waals surface area contributed by atoms with Crippen molar-refractivity contribution in [3.05, 3.63) is 89.6 Å². The second-order valence-electron chi connectivity index (χ2n) is 6.19. The van der Waals surface area contributed by atoms with Gasteiger partial charge in [0.05, 0.1) is 17.5 Å². The van der Waals surface area contributed by atoms with Gasteiger partial charge in [0.25, 0.3) is 0 Å². The van der Waals surface area contributed by atoms with Crippen LogP contribution in [0.1, 0.15) is 22.6 Å². The summed E-state index contributed by atoms with van der Waals surface area (Å²) in [5.41, 5.74) is 9.99. The van der Waals surface area contributed by atoms with E-state index in [1.807, 2.05) is 30.3 Å². The maximum Gasteiger partial charge on any atom is 0.170 e. The lowest BCUT2D eigenvalue weighted by Gasteiger charge is -2.02. The Morgan fingerprint density at radius 1 is 0.923 bits per heavy atom. The van der Waals surface area contributed by atoms with Crippen molar-refractivity contribution < 1.29 is 8.94 Å². The van der Waals surface area contributed by atoms with Gasteiger partial charge in [0.2, 0.25) is 0 Å². The fourth-order valence-electron chi connectivity index (χ4n) is 2.90. The molecular weight excluding hydrogens is 326 g/mol. The first-order valence-electron chi connectivity index (χ1n) is 8.54. The molecule has 0 saturated heterocycles. The minimum absolute atomic E-state index is 0.441. The molecule has 0 aliphatic carbocycles. The van der Waals surface area contributed by atoms with Gasteiger partial charge in [0, 0.05) is 25.1 Å². The van der Waals surface area contributed by atoms with Crippen LogP contribution in [0.15, 0.2) is 76.0 Å². The zero-order chi connectivity index (χ0) is 17.8. The minimum Gasteiger partial charge on any atom is -0.469 e. The van der Waals surface area contributed by atoms with Crippen LogP contribution in [0.5, 0.6) is 0 Å². The largest absolute Gasteiger partial charge is 0.469 e. The molecule has 130 valence electrons. The Labute approximate surface area is 151 Å². The molecule has 0 aliphatic rings. The smallest absolute Gasteiger partial charge is 0.170 e. The molecule has 0 fully saturated rings. The van der Waals surface area contributed by atoms with Crippen molar-refractivity contribution in [1.82, 2.24) is 10.1 Å². The predicted octanol–water partition coefficient (Wildman–Crippen LogP) is 4.29. The summed E-state index contributed by atoms with van der Waals surface area (Å²) >= 11 is 0. The standard InChI is InChI=1S/C21H19N3O2/c22-21-19(4-1-11-23-21)20-14-17(24-26-20)13-16-7-5-15(6-8-16)9-10-18-3-2-12-25-18/h1-8,11-12,14H,9-10,13H2,(H2,22,23). The van der Waals surface area contributed by atoms with Crippen molar-refractivity contribution >= 4 is 5.82 Å². The van der Waals surface area contributed by atoms with Gasteiger partial charge in [-0.1, -0.05) is 29.4 Å². The minimum atomic E-state index is 0.441. The second-order valence-corrected chi connectivity index (χ2v) is 6.19. The molecule has 0 bridgehead atoms. The third-order valence-electron chi connectivity index (χ3n) is 4.31. The lowest BCUT2D eigenvalue weighted by atomic mass is 10.0. The van der Waals surface area contributed by atoms with Gasteiger partial charge in [-0.3, -0.25) is 0 Å². The first-order valence-corrected chi connectivity index (χ1v) is 8.54. The van der Waals surface area contributed by atoms with Crippen molar-refractivity contribution in [2.75, 3.05) is 5.73 Å². The van der Waals surface area contributed by atoms with Crippen molar-refractivity contribution in [2.24, 2.45) is 0 Å². The Morgan fingerprint density at radius 3 is 2.54 bits per heavy atom. The fourth-order valence-corrected chi connectivity index (χ4v) is 2.90. The Bertz CT molecular complexity index is 973. The van der Waals surface area contributed by atoms with Gasteiger partial charge in [-0.05, 0) is 41.8 Å². The predicted molar refractivity (Wildman–Crippen MR) is 99.5 cm³/mol. The molecule has 4 rings (SSSR count). The van der Waals surface area contributed by atoms with E-state index in [2.05, 4.69) is 34.4 Å². The molecule has 3 aromatic heterocycles. The number of hydrogen-bond acceptors (Lipinski definition) is 5. The van der Waals surface area contributed by atoms with E-state index in [4.69, 9.17) is 14.7 Å². The van der Waals surface area contributed by atoms with E-state index in [9.17, 15) is 0 Å². The van der Waals surface area contributed by atoms with Crippen molar-refractivity contribution in [3.63, 3.8) is 0 Å². The zero-order valence-corrected chi connectivity index (χ0v) is 14.3. The lowest BCUT2D eigenvalue weighted by molar-refractivity contribution is 0.425. The zero-order valence-electron chi connectivity index (χ0n) is 14.3. The van der Waals surface area contributed by atoms with E-state index in [0.717, 1.165) is 29.9 Å². The topological polar surface area (TPSA) is 78.1 Å². The third kappa shape index (κ3) is 3.67. The summed E-state index contributed by atoms with van der Waals surface area (Å²) in [6.45, 7) is 0. The number of rotatable bonds is 6. The third-order valence-corrected chi connectivity index (χ3v) is 4.31. The van der Waals surface area contributed by atoms with E-state index in [-0.39, 0.29) is 0 Å². The first kappa shape index (κ1) is 16.1. The number of nitrogens with two attached hydrogens (primary N) is 1. The molecule has 5 heteroatoms. The van der Waals surface area contributed by atoms with Crippen LogP contribution in [0.25, 0.3) is 11.3 Å². The average molecular weight is 345 g/mol. The van der Waals surface area contributed by atoms with Crippen LogP contribution in [0.2, 0.25) is 0 Å². The van der Waals surface area contributed by atoms with Gasteiger partial charge in [0.15, 0.2) is 5.76 Å². The van der Waals surface area contributed by atoms with Crippen LogP contribution in [0.4, 0.5) is 5.82 Å². The molecule has 0 unspecified atom stereocenters. The number of nitrogens with zero attached hydrogens (tertiary/aromatic N) is 2. The van der Waals surface area contributed by atoms with Crippen molar-refractivity contribution in [3.8, 4) is 11.3 Å². The Balaban J connectivity index is 1.41. The van der Waals surface area contributed by atoms with E-state index in [0.29, 0.717) is 18.0 Å². The number of anilines is 1. The highest BCUT2D eigenvalue weighted by Gasteiger charge is 2.10. The molecule has 0 radical (unpaired) electrons. The van der Waals surface area contributed by atoms with Crippen LogP contribution >= 0.6 is 0 Å². The molecule has 5 nitrogen and oxygen atoms in total. The highest BCUT2D eigenvalue weighted by Crippen LogP contribution is 2.25. The Hall–Kier alpha value is -3.34. The summed E-state index contributed by atoms with van der Waals surface area (Å²) in [7, 11) is 0. The molecule has 0 spiro atoms. The maximum absolute atomic E-state index is 5.89. The fraction of sp³-hybridized carbons (Fsp3) is 0.143. The molecule has 0 aliphatic heterocycles. The van der Waals surface area contributed by atoms with E-state index >= 15 is 0 Å². The van der Waals surface area contributed by atoms with Crippen LogP contribution in [-0.2, 0) is 19.3 Å². The summed E-state index contributed by atoms with van der Waals surface area (Å²) in [4.78, 5) is 4.08. The molecule has 26 heavy (non-hydrogen) atoms. The summed E-state index contributed by atoms with van der Waals surface area (Å²) in [6, 6.07) is 18.1. The number of benzene rings is 1. The van der Waals surface area contributed by atoms with Crippen molar-refractivity contribution in [2.45, 2.75) is 19.3 Å². The van der Waals surface area contributed by atoms with E-state index in [1.165, 1.54) is 11.1 Å². The molecular formula is C21H19N3O2. The van der Waals surface area contributed by atoms with Crippen molar-refractivity contribution in [1.29, 1.82) is 0 Å².